The summed E-state index contributed by atoms with van der Waals surface area (Å²) in [6.07, 6.45) is 4.72. The third kappa shape index (κ3) is 21.4. The lowest BCUT2D eigenvalue weighted by Crippen LogP contribution is -2.54. The summed E-state index contributed by atoms with van der Waals surface area (Å²) in [6, 6.07) is 30.1. The van der Waals surface area contributed by atoms with Crippen molar-refractivity contribution in [3.8, 4) is 23.0 Å². The van der Waals surface area contributed by atoms with Gasteiger partial charge in [0.15, 0.2) is 23.0 Å². The highest BCUT2D eigenvalue weighted by molar-refractivity contribution is 6.67. The zero-order valence-corrected chi connectivity index (χ0v) is 44.7. The molecule has 3 amide bonds. The highest BCUT2D eigenvalue weighted by Gasteiger charge is 2.34. The number of amides is 3. The Morgan fingerprint density at radius 1 is 0.622 bits per heavy atom. The highest BCUT2D eigenvalue weighted by atomic mass is 35.5. The first-order valence-corrected chi connectivity index (χ1v) is 25.4. The minimum absolute atomic E-state index is 0. The molecule has 2 atom stereocenters. The predicted octanol–water partition coefficient (Wildman–Crippen LogP) is 10.7. The van der Waals surface area contributed by atoms with Gasteiger partial charge in [-0.2, -0.15) is 0 Å². The summed E-state index contributed by atoms with van der Waals surface area (Å²) in [7, 11) is 6.40. The molecule has 0 unspecified atom stereocenters. The van der Waals surface area contributed by atoms with E-state index in [0.717, 1.165) is 62.7 Å². The molecule has 0 radical (unpaired) electrons. The van der Waals surface area contributed by atoms with E-state index in [1.807, 2.05) is 84.3 Å². The Balaban J connectivity index is 0.000000321. The Labute approximate surface area is 444 Å². The van der Waals surface area contributed by atoms with Gasteiger partial charge in [0.2, 0.25) is 0 Å². The van der Waals surface area contributed by atoms with E-state index in [4.69, 9.17) is 49.5 Å². The molecule has 2 aliphatic rings. The van der Waals surface area contributed by atoms with Gasteiger partial charge in [0.05, 0.1) is 33.5 Å². The number of halogens is 1. The van der Waals surface area contributed by atoms with Crippen LogP contribution in [0.2, 0.25) is 0 Å². The first kappa shape index (κ1) is 62.2. The van der Waals surface area contributed by atoms with Crippen LogP contribution < -0.4 is 24.3 Å². The van der Waals surface area contributed by atoms with Crippen LogP contribution in [0, 0.1) is 0 Å². The SMILES string of the molecule is C.CC(C)N[C@H]1CCCN(C(=O)OCc2ccccc2)C1.COCCCOc1cc(C(=O)Cl)ccc1OC.COCCCOc1cc(C(=O)N(C(C)C)[C@H]2CCCN(C(=O)OCc3ccccc3)C2)ccc1OC. The van der Waals surface area contributed by atoms with Gasteiger partial charge >= 0.3 is 12.2 Å². The molecule has 0 spiro atoms. The number of carbonyl (C=O) groups excluding carboxylic acids is 4. The summed E-state index contributed by atoms with van der Waals surface area (Å²) >= 11 is 5.40. The third-order valence-corrected chi connectivity index (χ3v) is 12.0. The van der Waals surface area contributed by atoms with E-state index in [-0.39, 0.29) is 44.2 Å². The van der Waals surface area contributed by atoms with Crippen molar-refractivity contribution in [2.75, 3.05) is 81.0 Å². The Bertz CT molecular complexity index is 2250. The molecule has 0 bridgehead atoms. The minimum Gasteiger partial charge on any atom is -0.493 e. The maximum absolute atomic E-state index is 13.7. The molecule has 4 aromatic rings. The standard InChI is InChI=1S/C28H38N2O6.C16H24N2O2.C12H15ClO4.CH4/c1-21(2)30(27(31)23-13-14-25(34-4)26(18-23)35-17-9-16-33-3)24-12-8-15-29(19-24)28(32)36-20-22-10-6-5-7-11-22;1-13(2)17-15-9-6-10-18(11-15)16(19)20-12-14-7-4-3-5-8-14;1-15-6-3-7-17-11-8-9(12(13)14)4-5-10(11)16-2;/h5-7,10-11,13-14,18,21,24H,8-9,12,15-17,19-20H2,1-4H3;3-5,7-8,13,15,17H,6,9-12H2,1-2H3;4-5,8H,3,6-7H2,1-2H3;1H4/t24-;15-;;/m00../s1. The number of methoxy groups -OCH3 is 4. The largest absolute Gasteiger partial charge is 0.493 e. The maximum Gasteiger partial charge on any atom is 0.410 e. The molecular formula is C57H81ClN4O12. The van der Waals surface area contributed by atoms with Crippen LogP contribution in [0.15, 0.2) is 97.1 Å². The second-order valence-electron chi connectivity index (χ2n) is 18.1. The topological polar surface area (TPSA) is 164 Å². The lowest BCUT2D eigenvalue weighted by atomic mass is 10.0. The van der Waals surface area contributed by atoms with Gasteiger partial charge in [0.1, 0.15) is 13.2 Å². The van der Waals surface area contributed by atoms with Crippen molar-refractivity contribution in [1.82, 2.24) is 20.0 Å². The monoisotopic (exact) mass is 1050 g/mol. The van der Waals surface area contributed by atoms with Gasteiger partial charge in [-0.05, 0) is 98.7 Å². The third-order valence-electron chi connectivity index (χ3n) is 11.8. The van der Waals surface area contributed by atoms with E-state index in [1.54, 1.807) is 69.7 Å². The first-order chi connectivity index (χ1) is 35.3. The zero-order valence-electron chi connectivity index (χ0n) is 44.0. The highest BCUT2D eigenvalue weighted by Crippen LogP contribution is 2.31. The smallest absolute Gasteiger partial charge is 0.410 e. The van der Waals surface area contributed by atoms with Gasteiger partial charge in [-0.25, -0.2) is 9.59 Å². The average Bonchev–Trinajstić information content (AvgIpc) is 3.40. The quantitative estimate of drug-likeness (QED) is 0.0585. The lowest BCUT2D eigenvalue weighted by molar-refractivity contribution is 0.0384. The molecule has 1 N–H and O–H groups in total. The molecule has 0 aliphatic carbocycles. The normalized spacial score (nSPS) is 15.0. The van der Waals surface area contributed by atoms with Gasteiger partial charge in [-0.3, -0.25) is 9.59 Å². The van der Waals surface area contributed by atoms with Crippen LogP contribution in [0.4, 0.5) is 9.59 Å². The van der Waals surface area contributed by atoms with E-state index < -0.39 is 5.24 Å². The average molecular weight is 1050 g/mol. The Morgan fingerprint density at radius 3 is 1.55 bits per heavy atom. The van der Waals surface area contributed by atoms with Gasteiger partial charge < -0.3 is 57.9 Å². The van der Waals surface area contributed by atoms with Crippen molar-refractivity contribution in [3.63, 3.8) is 0 Å². The number of hydrogen-bond donors (Lipinski definition) is 1. The number of hydrogen-bond acceptors (Lipinski definition) is 13. The van der Waals surface area contributed by atoms with Crippen molar-refractivity contribution in [2.45, 2.75) is 111 Å². The van der Waals surface area contributed by atoms with Crippen LogP contribution in [0.25, 0.3) is 0 Å². The van der Waals surface area contributed by atoms with Gasteiger partial charge in [-0.1, -0.05) is 81.9 Å². The van der Waals surface area contributed by atoms with Crippen molar-refractivity contribution in [1.29, 1.82) is 0 Å². The molecule has 2 fully saturated rings. The molecule has 4 aromatic carbocycles. The molecule has 17 heteroatoms. The first-order valence-electron chi connectivity index (χ1n) is 25.1. The molecule has 16 nitrogen and oxygen atoms in total. The summed E-state index contributed by atoms with van der Waals surface area (Å²) < 4.78 is 42.8. The maximum atomic E-state index is 13.7. The Hall–Kier alpha value is -6.07. The fourth-order valence-electron chi connectivity index (χ4n) is 8.30. The number of nitrogens with one attached hydrogen (secondary N) is 1. The van der Waals surface area contributed by atoms with Crippen LogP contribution >= 0.6 is 11.6 Å². The van der Waals surface area contributed by atoms with Crippen molar-refractivity contribution >= 4 is 34.9 Å². The molecule has 74 heavy (non-hydrogen) atoms. The van der Waals surface area contributed by atoms with Crippen LogP contribution in [-0.2, 0) is 32.2 Å². The number of piperidine rings is 2. The molecular weight excluding hydrogens is 968 g/mol. The molecule has 2 saturated heterocycles. The predicted molar refractivity (Wildman–Crippen MR) is 289 cm³/mol. The van der Waals surface area contributed by atoms with E-state index in [1.165, 1.54) is 0 Å². The van der Waals surface area contributed by atoms with Gasteiger partial charge in [-0.15, -0.1) is 0 Å². The molecule has 2 heterocycles. The summed E-state index contributed by atoms with van der Waals surface area (Å²) in [5, 5.41) is 2.97. The fourth-order valence-corrected chi connectivity index (χ4v) is 8.41. The van der Waals surface area contributed by atoms with Crippen LogP contribution in [0.1, 0.15) is 105 Å². The van der Waals surface area contributed by atoms with Crippen LogP contribution in [0.3, 0.4) is 0 Å². The number of rotatable bonds is 22. The number of benzene rings is 4. The summed E-state index contributed by atoms with van der Waals surface area (Å²) in [5.74, 6) is 2.08. The molecule has 408 valence electrons. The van der Waals surface area contributed by atoms with Crippen molar-refractivity contribution in [3.05, 3.63) is 119 Å². The lowest BCUT2D eigenvalue weighted by Gasteiger charge is -2.41. The second-order valence-corrected chi connectivity index (χ2v) is 18.5. The number of nitrogens with zero attached hydrogens (tertiary/aromatic N) is 3. The Morgan fingerprint density at radius 2 is 1.09 bits per heavy atom. The van der Waals surface area contributed by atoms with Crippen LogP contribution in [-0.4, -0.2) is 143 Å². The van der Waals surface area contributed by atoms with E-state index in [0.29, 0.717) is 92.3 Å². The van der Waals surface area contributed by atoms with Crippen molar-refractivity contribution < 1.29 is 57.1 Å². The molecule has 6 rings (SSSR count). The van der Waals surface area contributed by atoms with E-state index in [9.17, 15) is 19.2 Å². The molecule has 2 aliphatic heterocycles. The van der Waals surface area contributed by atoms with Gasteiger partial charge in [0, 0.05) is 95.7 Å². The second kappa shape index (κ2) is 34.4. The molecule has 0 aromatic heterocycles. The van der Waals surface area contributed by atoms with Gasteiger partial charge in [0.25, 0.3) is 11.1 Å². The summed E-state index contributed by atoms with van der Waals surface area (Å²) in [6.45, 7) is 13.6. The minimum atomic E-state index is -0.519. The van der Waals surface area contributed by atoms with Crippen LogP contribution in [0.5, 0.6) is 23.0 Å². The number of ether oxygens (including phenoxy) is 8. The molecule has 0 saturated carbocycles. The number of carbonyl (C=O) groups is 4. The van der Waals surface area contributed by atoms with E-state index >= 15 is 0 Å². The number of likely N-dealkylation sites (tertiary alicyclic amines) is 2. The van der Waals surface area contributed by atoms with Crippen molar-refractivity contribution in [2.24, 2.45) is 0 Å². The fraction of sp³-hybridized carbons (Fsp3) is 0.509. The summed E-state index contributed by atoms with van der Waals surface area (Å²) in [4.78, 5) is 54.9. The van der Waals surface area contributed by atoms with E-state index in [2.05, 4.69) is 19.2 Å². The zero-order chi connectivity index (χ0) is 53.0. The summed E-state index contributed by atoms with van der Waals surface area (Å²) in [5.41, 5.74) is 2.87. The Kier molecular flexibility index (Phi) is 28.9.